The third kappa shape index (κ3) is 3.68. The second kappa shape index (κ2) is 7.71. The fourth-order valence-electron chi connectivity index (χ4n) is 3.72. The van der Waals surface area contributed by atoms with E-state index in [0.29, 0.717) is 36.0 Å². The first-order valence-corrected chi connectivity index (χ1v) is 9.86. The van der Waals surface area contributed by atoms with Gasteiger partial charge in [0.05, 0.1) is 5.69 Å². The van der Waals surface area contributed by atoms with E-state index in [4.69, 9.17) is 9.47 Å². The number of aromatic nitrogens is 3. The van der Waals surface area contributed by atoms with Gasteiger partial charge in [0.2, 0.25) is 5.91 Å². The Balaban J connectivity index is 1.41. The van der Waals surface area contributed by atoms with Gasteiger partial charge in [0.15, 0.2) is 17.1 Å². The van der Waals surface area contributed by atoms with Crippen molar-refractivity contribution in [2.45, 2.75) is 13.5 Å². The molecule has 0 saturated carbocycles. The zero-order valence-corrected chi connectivity index (χ0v) is 16.8. The average molecular weight is 418 g/mol. The molecule has 2 aromatic carbocycles. The molecule has 31 heavy (non-hydrogen) atoms. The summed E-state index contributed by atoms with van der Waals surface area (Å²) in [6.07, 6.45) is 1.66. The number of carbonyl (C=O) groups excluding carboxylic acids is 1. The monoisotopic (exact) mass is 418 g/mol. The van der Waals surface area contributed by atoms with Gasteiger partial charge in [-0.05, 0) is 48.4 Å². The van der Waals surface area contributed by atoms with Crippen LogP contribution in [-0.2, 0) is 11.3 Å². The molecule has 2 aromatic heterocycles. The van der Waals surface area contributed by atoms with E-state index in [1.807, 2.05) is 13.0 Å². The highest BCUT2D eigenvalue weighted by molar-refractivity contribution is 5.96. The molecule has 1 amide bonds. The van der Waals surface area contributed by atoms with E-state index in [1.54, 1.807) is 41.2 Å². The summed E-state index contributed by atoms with van der Waals surface area (Å²) in [7, 11) is 0. The van der Waals surface area contributed by atoms with Crippen LogP contribution in [0.15, 0.2) is 54.7 Å². The van der Waals surface area contributed by atoms with Crippen molar-refractivity contribution in [3.63, 3.8) is 0 Å². The minimum Gasteiger partial charge on any atom is -0.486 e. The van der Waals surface area contributed by atoms with Gasteiger partial charge in [0.25, 0.3) is 0 Å². The Morgan fingerprint density at radius 3 is 2.68 bits per heavy atom. The van der Waals surface area contributed by atoms with Gasteiger partial charge in [0, 0.05) is 23.3 Å². The largest absolute Gasteiger partial charge is 0.486 e. The van der Waals surface area contributed by atoms with E-state index in [0.717, 1.165) is 22.2 Å². The first-order chi connectivity index (χ1) is 15.1. The molecule has 1 aliphatic rings. The zero-order valence-electron chi connectivity index (χ0n) is 16.8. The van der Waals surface area contributed by atoms with Gasteiger partial charge in [0.1, 0.15) is 25.6 Å². The van der Waals surface area contributed by atoms with Crippen molar-refractivity contribution >= 4 is 22.6 Å². The first-order valence-electron chi connectivity index (χ1n) is 9.86. The summed E-state index contributed by atoms with van der Waals surface area (Å²) in [5, 5.41) is 8.22. The molecule has 0 unspecified atom stereocenters. The number of ether oxygens (including phenoxy) is 2. The lowest BCUT2D eigenvalue weighted by atomic mass is 10.0. The molecular formula is C23H19FN4O3. The number of hydrogen-bond acceptors (Lipinski definition) is 5. The van der Waals surface area contributed by atoms with Crippen molar-refractivity contribution in [1.82, 2.24) is 14.8 Å². The average Bonchev–Trinajstić information content (AvgIpc) is 3.09. The molecule has 0 spiro atoms. The van der Waals surface area contributed by atoms with Crippen molar-refractivity contribution in [2.24, 2.45) is 0 Å². The zero-order chi connectivity index (χ0) is 21.4. The molecule has 156 valence electrons. The summed E-state index contributed by atoms with van der Waals surface area (Å²) in [5.74, 6) is 0.734. The second-order valence-electron chi connectivity index (χ2n) is 7.21. The molecule has 0 fully saturated rings. The first kappa shape index (κ1) is 19.0. The molecule has 1 N–H and O–H groups in total. The minimum absolute atomic E-state index is 0.00134. The number of rotatable bonds is 4. The van der Waals surface area contributed by atoms with Crippen LogP contribution in [0.1, 0.15) is 5.69 Å². The normalized spacial score (nSPS) is 12.7. The van der Waals surface area contributed by atoms with Crippen LogP contribution in [0.25, 0.3) is 22.2 Å². The minimum atomic E-state index is -0.294. The lowest BCUT2D eigenvalue weighted by Gasteiger charge is -2.19. The number of anilines is 1. The molecule has 0 atom stereocenters. The number of nitrogens with zero attached hydrogens (tertiary/aromatic N) is 3. The third-order valence-corrected chi connectivity index (χ3v) is 5.08. The van der Waals surface area contributed by atoms with Crippen LogP contribution in [0, 0.1) is 12.7 Å². The fourth-order valence-corrected chi connectivity index (χ4v) is 3.72. The van der Waals surface area contributed by atoms with Gasteiger partial charge in [-0.1, -0.05) is 12.1 Å². The van der Waals surface area contributed by atoms with Gasteiger partial charge < -0.3 is 14.8 Å². The number of benzene rings is 2. The lowest BCUT2D eigenvalue weighted by molar-refractivity contribution is -0.116. The number of aryl methyl sites for hydroxylation is 1. The number of pyridine rings is 1. The number of hydrogen-bond donors (Lipinski definition) is 1. The molecule has 0 radical (unpaired) electrons. The molecule has 0 aliphatic carbocycles. The van der Waals surface area contributed by atoms with Crippen molar-refractivity contribution in [2.75, 3.05) is 18.5 Å². The van der Waals surface area contributed by atoms with Gasteiger partial charge in [-0.15, -0.1) is 0 Å². The van der Waals surface area contributed by atoms with Crippen LogP contribution in [0.5, 0.6) is 11.5 Å². The van der Waals surface area contributed by atoms with Gasteiger partial charge in [-0.2, -0.15) is 5.10 Å². The molecular weight excluding hydrogens is 399 g/mol. The number of halogens is 1. The van der Waals surface area contributed by atoms with E-state index in [-0.39, 0.29) is 18.3 Å². The summed E-state index contributed by atoms with van der Waals surface area (Å²) >= 11 is 0. The summed E-state index contributed by atoms with van der Waals surface area (Å²) in [6, 6.07) is 13.4. The van der Waals surface area contributed by atoms with Crippen molar-refractivity contribution in [3.8, 4) is 22.6 Å². The van der Waals surface area contributed by atoms with Crippen LogP contribution in [0.2, 0.25) is 0 Å². The highest BCUT2D eigenvalue weighted by Gasteiger charge is 2.17. The SMILES string of the molecule is Cc1nn(CC(=O)Nc2ccc3c(c2)OCCO3)c2nccc(-c3ccc(F)cc3)c12. The summed E-state index contributed by atoms with van der Waals surface area (Å²) in [5.41, 5.74) is 3.70. The molecule has 0 saturated heterocycles. The molecule has 4 aromatic rings. The van der Waals surface area contributed by atoms with Crippen molar-refractivity contribution in [3.05, 3.63) is 66.2 Å². The van der Waals surface area contributed by atoms with Crippen molar-refractivity contribution < 1.29 is 18.7 Å². The predicted octanol–water partition coefficient (Wildman–Crippen LogP) is 3.96. The van der Waals surface area contributed by atoms with Gasteiger partial charge >= 0.3 is 0 Å². The standard InChI is InChI=1S/C23H19FN4O3/c1-14-22-18(15-2-4-16(24)5-3-15)8-9-25-23(22)28(27-14)13-21(29)26-17-6-7-19-20(12-17)31-11-10-30-19/h2-9,12H,10-11,13H2,1H3,(H,26,29). The highest BCUT2D eigenvalue weighted by atomic mass is 19.1. The Hall–Kier alpha value is -3.94. The third-order valence-electron chi connectivity index (χ3n) is 5.08. The van der Waals surface area contributed by atoms with Crippen LogP contribution in [0.3, 0.4) is 0 Å². The smallest absolute Gasteiger partial charge is 0.246 e. The van der Waals surface area contributed by atoms with E-state index in [2.05, 4.69) is 15.4 Å². The maximum absolute atomic E-state index is 13.3. The molecule has 7 nitrogen and oxygen atoms in total. The molecule has 5 rings (SSSR count). The Labute approximate surface area is 177 Å². The van der Waals surface area contributed by atoms with Crippen LogP contribution in [-0.4, -0.2) is 33.9 Å². The maximum atomic E-state index is 13.3. The number of fused-ring (bicyclic) bond motifs is 2. The predicted molar refractivity (Wildman–Crippen MR) is 114 cm³/mol. The van der Waals surface area contributed by atoms with Crippen molar-refractivity contribution in [1.29, 1.82) is 0 Å². The lowest BCUT2D eigenvalue weighted by Crippen LogP contribution is -2.20. The Bertz CT molecular complexity index is 1280. The summed E-state index contributed by atoms with van der Waals surface area (Å²) in [4.78, 5) is 17.1. The van der Waals surface area contributed by atoms with Gasteiger partial charge in [-0.3, -0.25) is 4.79 Å². The van der Waals surface area contributed by atoms with Crippen LogP contribution < -0.4 is 14.8 Å². The van der Waals surface area contributed by atoms with E-state index >= 15 is 0 Å². The van der Waals surface area contributed by atoms with Gasteiger partial charge in [-0.25, -0.2) is 14.1 Å². The Morgan fingerprint density at radius 2 is 1.87 bits per heavy atom. The summed E-state index contributed by atoms with van der Waals surface area (Å²) in [6.45, 7) is 2.85. The van der Waals surface area contributed by atoms with E-state index in [1.165, 1.54) is 12.1 Å². The Morgan fingerprint density at radius 1 is 1.10 bits per heavy atom. The number of amides is 1. The van der Waals surface area contributed by atoms with E-state index < -0.39 is 0 Å². The van der Waals surface area contributed by atoms with E-state index in [9.17, 15) is 9.18 Å². The maximum Gasteiger partial charge on any atom is 0.246 e. The second-order valence-corrected chi connectivity index (χ2v) is 7.21. The topological polar surface area (TPSA) is 78.3 Å². The Kier molecular flexibility index (Phi) is 4.74. The molecule has 1 aliphatic heterocycles. The highest BCUT2D eigenvalue weighted by Crippen LogP contribution is 2.33. The quantitative estimate of drug-likeness (QED) is 0.543. The molecule has 0 bridgehead atoms. The fraction of sp³-hybridized carbons (Fsp3) is 0.174. The number of carbonyl (C=O) groups is 1. The van der Waals surface area contributed by atoms with Crippen LogP contribution >= 0.6 is 0 Å². The molecule has 8 heteroatoms. The number of nitrogens with one attached hydrogen (secondary N) is 1. The van der Waals surface area contributed by atoms with Crippen LogP contribution in [0.4, 0.5) is 10.1 Å². The molecule has 3 heterocycles. The summed E-state index contributed by atoms with van der Waals surface area (Å²) < 4.78 is 26.0.